The fourth-order valence-corrected chi connectivity index (χ4v) is 2.83. The first-order valence-corrected chi connectivity index (χ1v) is 7.25. The molecule has 0 radical (unpaired) electrons. The highest BCUT2D eigenvalue weighted by atomic mass is 32.1. The number of nitrogens with zero attached hydrogens (tertiary/aromatic N) is 4. The lowest BCUT2D eigenvalue weighted by Crippen LogP contribution is -2.61. The lowest BCUT2D eigenvalue weighted by molar-refractivity contribution is 0.0701. The standard InChI is InChI=1S/C14H15N5OS/c1-4-14(20)7-19(8-14)12-9(2)6-15-13(17-12)16-11-5-10(3)18-21-11/h1,5-6,20H,7-8H2,2-3H3,(H,15,16,17). The average Bonchev–Trinajstić information content (AvgIpc) is 2.83. The zero-order valence-electron chi connectivity index (χ0n) is 11.8. The number of hydrogen-bond acceptors (Lipinski definition) is 7. The van der Waals surface area contributed by atoms with E-state index >= 15 is 0 Å². The minimum atomic E-state index is -1.04. The number of β-amino-alcohol motifs (C(OH)–C–C–N with tert-alkyl or cyclic N) is 1. The van der Waals surface area contributed by atoms with Crippen molar-refractivity contribution in [2.75, 3.05) is 23.3 Å². The maximum Gasteiger partial charge on any atom is 0.229 e. The Labute approximate surface area is 127 Å². The van der Waals surface area contributed by atoms with Gasteiger partial charge in [0.1, 0.15) is 10.8 Å². The number of rotatable bonds is 3. The maximum absolute atomic E-state index is 9.91. The zero-order chi connectivity index (χ0) is 15.0. The van der Waals surface area contributed by atoms with E-state index in [9.17, 15) is 5.11 Å². The summed E-state index contributed by atoms with van der Waals surface area (Å²) < 4.78 is 4.20. The summed E-state index contributed by atoms with van der Waals surface area (Å²) in [7, 11) is 0. The van der Waals surface area contributed by atoms with E-state index in [1.165, 1.54) is 11.5 Å². The van der Waals surface area contributed by atoms with Crippen molar-refractivity contribution in [2.45, 2.75) is 19.4 Å². The van der Waals surface area contributed by atoms with E-state index in [1.807, 2.05) is 24.8 Å². The molecule has 0 atom stereocenters. The monoisotopic (exact) mass is 301 g/mol. The molecule has 3 heterocycles. The van der Waals surface area contributed by atoms with Crippen LogP contribution in [0.4, 0.5) is 16.8 Å². The first-order chi connectivity index (χ1) is 9.99. The number of anilines is 3. The molecule has 0 spiro atoms. The molecule has 1 aliphatic heterocycles. The summed E-state index contributed by atoms with van der Waals surface area (Å²) in [5, 5.41) is 13.9. The predicted molar refractivity (Wildman–Crippen MR) is 82.9 cm³/mol. The van der Waals surface area contributed by atoms with E-state index in [4.69, 9.17) is 6.42 Å². The van der Waals surface area contributed by atoms with E-state index in [1.54, 1.807) is 6.20 Å². The largest absolute Gasteiger partial charge is 0.374 e. The lowest BCUT2D eigenvalue weighted by Gasteiger charge is -2.44. The fourth-order valence-electron chi connectivity index (χ4n) is 2.17. The van der Waals surface area contributed by atoms with Gasteiger partial charge in [-0.1, -0.05) is 5.92 Å². The van der Waals surface area contributed by atoms with Crippen molar-refractivity contribution >= 4 is 28.3 Å². The van der Waals surface area contributed by atoms with Gasteiger partial charge >= 0.3 is 0 Å². The van der Waals surface area contributed by atoms with Crippen LogP contribution < -0.4 is 10.2 Å². The molecule has 1 aliphatic rings. The Morgan fingerprint density at radius 1 is 1.48 bits per heavy atom. The number of nitrogens with one attached hydrogen (secondary N) is 1. The molecule has 7 heteroatoms. The SMILES string of the molecule is C#CC1(O)CN(c2nc(Nc3cc(C)ns3)ncc2C)C1. The van der Waals surface area contributed by atoms with Crippen LogP contribution in [0.15, 0.2) is 12.3 Å². The van der Waals surface area contributed by atoms with Crippen LogP contribution in [0.3, 0.4) is 0 Å². The maximum atomic E-state index is 9.91. The highest BCUT2D eigenvalue weighted by molar-refractivity contribution is 7.10. The van der Waals surface area contributed by atoms with Gasteiger partial charge in [0.25, 0.3) is 0 Å². The minimum absolute atomic E-state index is 0.389. The molecule has 2 aromatic heterocycles. The Hall–Kier alpha value is -2.17. The van der Waals surface area contributed by atoms with Gasteiger partial charge < -0.3 is 15.3 Å². The van der Waals surface area contributed by atoms with Crippen molar-refractivity contribution < 1.29 is 5.11 Å². The molecule has 2 N–H and O–H groups in total. The smallest absolute Gasteiger partial charge is 0.229 e. The van der Waals surface area contributed by atoms with Gasteiger partial charge in [0.15, 0.2) is 5.60 Å². The lowest BCUT2D eigenvalue weighted by atomic mass is 9.95. The van der Waals surface area contributed by atoms with Gasteiger partial charge in [-0.25, -0.2) is 4.98 Å². The molecule has 0 unspecified atom stereocenters. The predicted octanol–water partition coefficient (Wildman–Crippen LogP) is 1.48. The second kappa shape index (κ2) is 4.98. The molecule has 2 aromatic rings. The van der Waals surface area contributed by atoms with Gasteiger partial charge in [-0.05, 0) is 31.4 Å². The van der Waals surface area contributed by atoms with Gasteiger partial charge in [0.05, 0.1) is 18.8 Å². The number of hydrogen-bond donors (Lipinski definition) is 2. The molecule has 0 bridgehead atoms. The molecule has 3 rings (SSSR count). The summed E-state index contributed by atoms with van der Waals surface area (Å²) in [5.41, 5.74) is 0.858. The molecule has 6 nitrogen and oxygen atoms in total. The van der Waals surface area contributed by atoms with E-state index in [-0.39, 0.29) is 0 Å². The molecule has 0 aromatic carbocycles. The number of aliphatic hydroxyl groups is 1. The molecular formula is C14H15N5OS. The molecule has 0 saturated carbocycles. The Morgan fingerprint density at radius 2 is 2.24 bits per heavy atom. The average molecular weight is 301 g/mol. The van der Waals surface area contributed by atoms with Gasteiger partial charge in [-0.3, -0.25) is 0 Å². The Kier molecular flexibility index (Phi) is 3.27. The van der Waals surface area contributed by atoms with Crippen LogP contribution >= 0.6 is 11.5 Å². The topological polar surface area (TPSA) is 74.2 Å². The van der Waals surface area contributed by atoms with Crippen LogP contribution in [0.5, 0.6) is 0 Å². The third-order valence-corrected chi connectivity index (χ3v) is 4.08. The quantitative estimate of drug-likeness (QED) is 0.837. The van der Waals surface area contributed by atoms with Crippen LogP contribution in [-0.2, 0) is 0 Å². The van der Waals surface area contributed by atoms with Crippen molar-refractivity contribution in [1.29, 1.82) is 0 Å². The first-order valence-electron chi connectivity index (χ1n) is 6.48. The van der Waals surface area contributed by atoms with E-state index in [0.29, 0.717) is 19.0 Å². The van der Waals surface area contributed by atoms with Gasteiger partial charge in [0.2, 0.25) is 5.95 Å². The summed E-state index contributed by atoms with van der Waals surface area (Å²) in [4.78, 5) is 10.7. The summed E-state index contributed by atoms with van der Waals surface area (Å²) in [5.74, 6) is 3.70. The highest BCUT2D eigenvalue weighted by Gasteiger charge is 2.40. The first kappa shape index (κ1) is 13.8. The van der Waals surface area contributed by atoms with Crippen LogP contribution in [-0.4, -0.2) is 38.1 Å². The van der Waals surface area contributed by atoms with E-state index in [2.05, 4.69) is 25.6 Å². The van der Waals surface area contributed by atoms with Crippen molar-refractivity contribution in [3.05, 3.63) is 23.5 Å². The van der Waals surface area contributed by atoms with Gasteiger partial charge in [0, 0.05) is 11.8 Å². The minimum Gasteiger partial charge on any atom is -0.374 e. The molecule has 0 amide bonds. The molecule has 0 aliphatic carbocycles. The van der Waals surface area contributed by atoms with Crippen molar-refractivity contribution in [2.24, 2.45) is 0 Å². The third kappa shape index (κ3) is 2.68. The third-order valence-electron chi connectivity index (χ3n) is 3.28. The summed E-state index contributed by atoms with van der Waals surface area (Å²) in [6.07, 6.45) is 7.06. The van der Waals surface area contributed by atoms with Gasteiger partial charge in [-0.15, -0.1) is 6.42 Å². The van der Waals surface area contributed by atoms with Crippen LogP contribution in [0.1, 0.15) is 11.3 Å². The van der Waals surface area contributed by atoms with Crippen molar-refractivity contribution in [3.63, 3.8) is 0 Å². The van der Waals surface area contributed by atoms with E-state index < -0.39 is 5.60 Å². The fraction of sp³-hybridized carbons (Fsp3) is 0.357. The second-order valence-electron chi connectivity index (χ2n) is 5.19. The highest BCUT2D eigenvalue weighted by Crippen LogP contribution is 2.29. The van der Waals surface area contributed by atoms with Crippen LogP contribution in [0.2, 0.25) is 0 Å². The van der Waals surface area contributed by atoms with Crippen molar-refractivity contribution in [3.8, 4) is 12.3 Å². The Morgan fingerprint density at radius 3 is 2.86 bits per heavy atom. The van der Waals surface area contributed by atoms with Gasteiger partial charge in [-0.2, -0.15) is 9.36 Å². The Balaban J connectivity index is 1.79. The summed E-state index contributed by atoms with van der Waals surface area (Å²) >= 11 is 1.36. The second-order valence-corrected chi connectivity index (χ2v) is 5.99. The van der Waals surface area contributed by atoms with Crippen LogP contribution in [0.25, 0.3) is 0 Å². The van der Waals surface area contributed by atoms with E-state index in [0.717, 1.165) is 22.1 Å². The number of aromatic nitrogens is 3. The number of aryl methyl sites for hydroxylation is 2. The normalized spacial score (nSPS) is 16.2. The van der Waals surface area contributed by atoms with Crippen molar-refractivity contribution in [1.82, 2.24) is 14.3 Å². The molecule has 21 heavy (non-hydrogen) atoms. The number of terminal acetylenes is 1. The molecular weight excluding hydrogens is 286 g/mol. The molecule has 1 saturated heterocycles. The Bertz CT molecular complexity index is 714. The molecule has 108 valence electrons. The summed E-state index contributed by atoms with van der Waals surface area (Å²) in [6.45, 7) is 4.65. The zero-order valence-corrected chi connectivity index (χ0v) is 12.6. The summed E-state index contributed by atoms with van der Waals surface area (Å²) in [6, 6.07) is 1.94. The van der Waals surface area contributed by atoms with Crippen LogP contribution in [0, 0.1) is 26.2 Å². The molecule has 1 fully saturated rings.